The fourth-order valence-electron chi connectivity index (χ4n) is 15.2. The molecule has 14 rings (SSSR count). The fourth-order valence-corrected chi connectivity index (χ4v) is 18.4. The van der Waals surface area contributed by atoms with Gasteiger partial charge in [-0.05, 0) is 86.3 Å². The average Bonchev–Trinajstić information content (AvgIpc) is 1.89. The molecule has 0 spiro atoms. The van der Waals surface area contributed by atoms with Crippen LogP contribution in [0.5, 0.6) is 0 Å². The van der Waals surface area contributed by atoms with E-state index in [0.717, 1.165) is 44.5 Å². The van der Waals surface area contributed by atoms with Gasteiger partial charge >= 0.3 is 0 Å². The summed E-state index contributed by atoms with van der Waals surface area (Å²) in [6, 6.07) is 86.0. The van der Waals surface area contributed by atoms with E-state index in [2.05, 4.69) is 266 Å². The lowest BCUT2D eigenvalue weighted by Crippen LogP contribution is -2.71. The van der Waals surface area contributed by atoms with Crippen molar-refractivity contribution >= 4 is 17.1 Å². The molecule has 2 saturated carbocycles. The molecule has 8 atom stereocenters. The number of rotatable bonds is 13. The lowest BCUT2D eigenvalue weighted by Gasteiger charge is -2.57. The summed E-state index contributed by atoms with van der Waals surface area (Å²) in [6.07, 6.45) is -4.20. The molecular weight excluding hydrogens is 1060 g/mol. The van der Waals surface area contributed by atoms with E-state index in [1.165, 1.54) is 0 Å². The van der Waals surface area contributed by atoms with Crippen molar-refractivity contribution in [2.45, 2.75) is 110 Å². The van der Waals surface area contributed by atoms with Gasteiger partial charge in [0, 0.05) is 13.1 Å². The number of hydrogen-bond acceptors (Lipinski definition) is 10. The zero-order valence-electron chi connectivity index (χ0n) is 47.2. The molecule has 4 heterocycles. The van der Waals surface area contributed by atoms with Gasteiger partial charge in [0.05, 0.1) is 21.7 Å². The Kier molecular flexibility index (Phi) is 13.9. The molecule has 0 amide bonds. The second kappa shape index (κ2) is 21.1. The van der Waals surface area contributed by atoms with Crippen molar-refractivity contribution < 1.29 is 37.0 Å². The summed E-state index contributed by atoms with van der Waals surface area (Å²) < 4.78 is 65.4. The molecule has 6 aliphatic rings. The third kappa shape index (κ3) is 8.28. The quantitative estimate of drug-likeness (QED) is 0.104. The van der Waals surface area contributed by atoms with E-state index in [-0.39, 0.29) is 0 Å². The second-order valence-corrected chi connectivity index (χ2v) is 26.9. The van der Waals surface area contributed by atoms with Gasteiger partial charge in [0.1, 0.15) is 48.8 Å². The molecule has 6 fully saturated rings. The van der Waals surface area contributed by atoms with Gasteiger partial charge in [-0.25, -0.2) is 9.34 Å². The molecule has 8 aromatic rings. The van der Waals surface area contributed by atoms with E-state index in [1.807, 2.05) is 27.7 Å². The fraction of sp³-hybridized carbons (Fsp3) is 0.314. The average molecular weight is 1130 g/mol. The molecule has 8 aromatic carbocycles. The third-order valence-electron chi connectivity index (χ3n) is 18.5. The molecule has 4 aliphatic heterocycles. The van der Waals surface area contributed by atoms with Crippen LogP contribution in [0.25, 0.3) is 0 Å². The van der Waals surface area contributed by atoms with Crippen LogP contribution in [0.4, 0.5) is 0 Å². The Bertz CT molecular complexity index is 2860. The first-order valence-electron chi connectivity index (χ1n) is 28.8. The van der Waals surface area contributed by atoms with Gasteiger partial charge in [-0.3, -0.25) is 0 Å². The highest BCUT2D eigenvalue weighted by Gasteiger charge is 2.78. The van der Waals surface area contributed by atoms with Crippen LogP contribution in [0.1, 0.15) is 72.2 Å². The Morgan fingerprint density at radius 2 is 0.427 bits per heavy atom. The van der Waals surface area contributed by atoms with Crippen LogP contribution >= 0.6 is 17.1 Å². The number of likely N-dealkylation sites (N-methyl/N-ethyl adjacent to an activating group) is 2. The predicted molar refractivity (Wildman–Crippen MR) is 321 cm³/mol. The van der Waals surface area contributed by atoms with Crippen molar-refractivity contribution in [3.63, 3.8) is 0 Å². The van der Waals surface area contributed by atoms with Crippen molar-refractivity contribution in [3.8, 4) is 0 Å². The maximum atomic E-state index is 7.80. The van der Waals surface area contributed by atoms with Crippen molar-refractivity contribution in [1.82, 2.24) is 9.34 Å². The maximum absolute atomic E-state index is 7.80. The summed E-state index contributed by atoms with van der Waals surface area (Å²) >= 11 is 0. The molecule has 418 valence electrons. The number of nitrogens with zero attached hydrogens (tertiary/aromatic N) is 2. The highest BCUT2D eigenvalue weighted by molar-refractivity contribution is 7.45. The maximum Gasteiger partial charge on any atom is 0.259 e. The van der Waals surface area contributed by atoms with E-state index in [4.69, 9.17) is 37.0 Å². The zero-order valence-corrected chi connectivity index (χ0v) is 49.0. The highest BCUT2D eigenvalue weighted by Crippen LogP contribution is 2.71. The molecule has 0 aromatic heterocycles. The van der Waals surface area contributed by atoms with Crippen LogP contribution in [0, 0.1) is 0 Å². The van der Waals surface area contributed by atoms with E-state index in [9.17, 15) is 0 Å². The topological polar surface area (TPSA) is 80.3 Å². The van der Waals surface area contributed by atoms with E-state index in [0.29, 0.717) is 13.1 Å². The summed E-state index contributed by atoms with van der Waals surface area (Å²) in [7, 11) is 0.821. The van der Waals surface area contributed by atoms with Crippen LogP contribution in [0.2, 0.25) is 0 Å². The summed E-state index contributed by atoms with van der Waals surface area (Å²) in [5, 5.41) is 0. The molecule has 10 nitrogen and oxygen atoms in total. The Morgan fingerprint density at radius 3 is 0.585 bits per heavy atom. The van der Waals surface area contributed by atoms with Crippen LogP contribution in [0.3, 0.4) is 0 Å². The lowest BCUT2D eigenvalue weighted by molar-refractivity contribution is -0.153. The minimum atomic E-state index is -1.71. The summed E-state index contributed by atoms with van der Waals surface area (Å²) in [4.78, 5) is 0. The molecular formula is C70H70N2O8P2. The normalized spacial score (nSPS) is 29.4. The molecule has 8 unspecified atom stereocenters. The van der Waals surface area contributed by atoms with E-state index < -0.39 is 99.1 Å². The molecule has 4 saturated heterocycles. The minimum Gasteiger partial charge on any atom is -0.343 e. The molecule has 2 aliphatic carbocycles. The predicted octanol–water partition coefficient (Wildman–Crippen LogP) is 13.9. The van der Waals surface area contributed by atoms with Gasteiger partial charge in [-0.1, -0.05) is 243 Å². The van der Waals surface area contributed by atoms with Gasteiger partial charge in [0.15, 0.2) is 11.6 Å². The van der Waals surface area contributed by atoms with Crippen molar-refractivity contribution in [2.75, 3.05) is 27.2 Å². The number of ether oxygens (including phenoxy) is 4. The van der Waals surface area contributed by atoms with Gasteiger partial charge < -0.3 is 37.0 Å². The second-order valence-electron chi connectivity index (χ2n) is 23.7. The molecule has 0 radical (unpaired) electrons. The minimum absolute atomic E-state index is 0.508. The van der Waals surface area contributed by atoms with Crippen LogP contribution < -0.4 is 0 Å². The molecule has 0 bridgehead atoms. The number of fused-ring (bicyclic) bond motifs is 4. The monoisotopic (exact) mass is 1130 g/mol. The largest absolute Gasteiger partial charge is 0.343 e. The number of hydrogen-bond donors (Lipinski definition) is 0. The summed E-state index contributed by atoms with van der Waals surface area (Å²) in [6.45, 7) is 9.29. The van der Waals surface area contributed by atoms with Crippen LogP contribution in [0.15, 0.2) is 243 Å². The Balaban J connectivity index is 0.862. The number of benzene rings is 8. The highest BCUT2D eigenvalue weighted by atomic mass is 31.2. The van der Waals surface area contributed by atoms with Crippen LogP contribution in [-0.2, 0) is 58.7 Å². The Hall–Kier alpha value is -5.78. The molecule has 82 heavy (non-hydrogen) atoms. The van der Waals surface area contributed by atoms with Gasteiger partial charge in [-0.2, -0.15) is 0 Å². The SMILES string of the molecule is CN(CCN(C)P1OC2C(O1)C(c1ccccc1)(c1ccccc1)C1OC(C)(C)OC1C2(c1ccccc1)c1ccccc1)P1OC2C(O1)C(c1ccccc1)(c1ccccc1)C1OC(C)(C)OC1C2(c1ccccc1)c1ccccc1. The third-order valence-corrected chi connectivity index (χ3v) is 21.6. The first-order valence-corrected chi connectivity index (χ1v) is 31.0. The van der Waals surface area contributed by atoms with Crippen LogP contribution in [-0.4, -0.2) is 96.9 Å². The Morgan fingerprint density at radius 1 is 0.268 bits per heavy atom. The van der Waals surface area contributed by atoms with Gasteiger partial charge in [-0.15, -0.1) is 0 Å². The van der Waals surface area contributed by atoms with E-state index in [1.54, 1.807) is 0 Å². The zero-order chi connectivity index (χ0) is 55.9. The van der Waals surface area contributed by atoms with Gasteiger partial charge in [0.25, 0.3) is 17.1 Å². The smallest absolute Gasteiger partial charge is 0.259 e. The Labute approximate surface area is 485 Å². The van der Waals surface area contributed by atoms with Crippen molar-refractivity contribution in [3.05, 3.63) is 287 Å². The molecule has 12 heteroatoms. The van der Waals surface area contributed by atoms with Crippen molar-refractivity contribution in [2.24, 2.45) is 0 Å². The standard InChI is InChI=1S/C70H70N2O8P2/c1-65(2)73-57-58(74-65)68(51-35-19-9-20-36-51,52-37-21-10-22-38-52)62-61(67(57,49-31-15-7-16-32-49)50-33-17-8-18-34-50)77-81(78-62)71(5)47-48-72(6)82-79-63-64(80-82)70(55-43-27-13-28-44-55,56-45-29-14-30-46-56)60-59(75-66(3,4)76-60)69(63,53-39-23-11-24-40-53)54-41-25-12-26-42-54/h7-46,57-64H,47-48H2,1-6H3. The molecule has 0 N–H and O–H groups in total. The lowest BCUT2D eigenvalue weighted by atomic mass is 9.50. The van der Waals surface area contributed by atoms with Gasteiger partial charge in [0.2, 0.25) is 0 Å². The first-order chi connectivity index (χ1) is 39.9. The summed E-state index contributed by atoms with van der Waals surface area (Å²) in [5.74, 6) is -1.88. The summed E-state index contributed by atoms with van der Waals surface area (Å²) in [5.41, 5.74) is 5.18. The van der Waals surface area contributed by atoms with Crippen molar-refractivity contribution in [1.29, 1.82) is 0 Å². The first kappa shape index (κ1) is 54.2. The van der Waals surface area contributed by atoms with E-state index >= 15 is 0 Å².